The summed E-state index contributed by atoms with van der Waals surface area (Å²) in [5.74, 6) is 0. The van der Waals surface area contributed by atoms with E-state index in [1.54, 1.807) is 24.3 Å². The van der Waals surface area contributed by atoms with Crippen molar-refractivity contribution >= 4 is 27.4 Å². The van der Waals surface area contributed by atoms with Crippen LogP contribution in [0.2, 0.25) is 0 Å². The molecule has 23 heavy (non-hydrogen) atoms. The molecular weight excluding hydrogens is 316 g/mol. The van der Waals surface area contributed by atoms with Crippen LogP contribution in [0, 0.1) is 11.3 Å². The molecule has 8 heteroatoms. The number of sulfonamides is 1. The Hall–Kier alpha value is -2.89. The van der Waals surface area contributed by atoms with Gasteiger partial charge in [0, 0.05) is 11.4 Å². The standard InChI is InChI=1S/C15H14N4O3S/c1-17-23(21,22)14-7-5-12(6-8-14)18-15(20)19-13-4-2-3-11(9-13)10-16/h2-9,17H,1H3,(H2,18,19,20). The second-order valence-electron chi connectivity index (χ2n) is 4.50. The Balaban J connectivity index is 2.04. The number of nitriles is 1. The molecule has 2 rings (SSSR count). The number of carbonyl (C=O) groups is 1. The van der Waals surface area contributed by atoms with E-state index in [0.29, 0.717) is 16.9 Å². The predicted octanol–water partition coefficient (Wildman–Crippen LogP) is 2.11. The summed E-state index contributed by atoms with van der Waals surface area (Å²) in [7, 11) is -2.18. The number of hydrogen-bond acceptors (Lipinski definition) is 4. The first-order valence-corrected chi connectivity index (χ1v) is 8.05. The number of anilines is 2. The van der Waals surface area contributed by atoms with Crippen molar-refractivity contribution in [3.8, 4) is 6.07 Å². The van der Waals surface area contributed by atoms with E-state index in [2.05, 4.69) is 15.4 Å². The largest absolute Gasteiger partial charge is 0.323 e. The van der Waals surface area contributed by atoms with Gasteiger partial charge in [0.1, 0.15) is 0 Å². The van der Waals surface area contributed by atoms with E-state index in [-0.39, 0.29) is 4.90 Å². The van der Waals surface area contributed by atoms with Gasteiger partial charge in [-0.25, -0.2) is 17.9 Å². The van der Waals surface area contributed by atoms with Crippen LogP contribution in [-0.2, 0) is 10.0 Å². The van der Waals surface area contributed by atoms with Crippen LogP contribution in [0.25, 0.3) is 0 Å². The molecular formula is C15H14N4O3S. The fraction of sp³-hybridized carbons (Fsp3) is 0.0667. The molecule has 0 aliphatic carbocycles. The van der Waals surface area contributed by atoms with E-state index < -0.39 is 16.1 Å². The van der Waals surface area contributed by atoms with Crippen LogP contribution >= 0.6 is 0 Å². The number of nitrogens with one attached hydrogen (secondary N) is 3. The molecule has 118 valence electrons. The number of nitrogens with zero attached hydrogens (tertiary/aromatic N) is 1. The van der Waals surface area contributed by atoms with Crippen LogP contribution in [-0.4, -0.2) is 21.5 Å². The van der Waals surface area contributed by atoms with Crippen molar-refractivity contribution < 1.29 is 13.2 Å². The topological polar surface area (TPSA) is 111 Å². The number of rotatable bonds is 4. The van der Waals surface area contributed by atoms with E-state index in [0.717, 1.165) is 0 Å². The van der Waals surface area contributed by atoms with Gasteiger partial charge in [0.15, 0.2) is 0 Å². The predicted molar refractivity (Wildman–Crippen MR) is 86.5 cm³/mol. The maximum Gasteiger partial charge on any atom is 0.323 e. The summed E-state index contributed by atoms with van der Waals surface area (Å²) >= 11 is 0. The molecule has 0 saturated heterocycles. The van der Waals surface area contributed by atoms with E-state index in [9.17, 15) is 13.2 Å². The van der Waals surface area contributed by atoms with E-state index in [1.807, 2.05) is 6.07 Å². The Bertz CT molecular complexity index is 855. The quantitative estimate of drug-likeness (QED) is 0.797. The number of amides is 2. The van der Waals surface area contributed by atoms with Gasteiger partial charge in [-0.1, -0.05) is 6.07 Å². The lowest BCUT2D eigenvalue weighted by atomic mass is 10.2. The molecule has 3 N–H and O–H groups in total. The lowest BCUT2D eigenvalue weighted by molar-refractivity contribution is 0.262. The first kappa shape index (κ1) is 16.5. The van der Waals surface area contributed by atoms with Crippen molar-refractivity contribution in [3.63, 3.8) is 0 Å². The number of benzene rings is 2. The molecule has 7 nitrogen and oxygen atoms in total. The van der Waals surface area contributed by atoms with Gasteiger partial charge >= 0.3 is 6.03 Å². The van der Waals surface area contributed by atoms with Crippen molar-refractivity contribution in [2.45, 2.75) is 4.90 Å². The van der Waals surface area contributed by atoms with E-state index in [4.69, 9.17) is 5.26 Å². The van der Waals surface area contributed by atoms with Crippen LogP contribution in [0.5, 0.6) is 0 Å². The minimum Gasteiger partial charge on any atom is -0.308 e. The smallest absolute Gasteiger partial charge is 0.308 e. The van der Waals surface area contributed by atoms with Crippen molar-refractivity contribution in [1.29, 1.82) is 5.26 Å². The number of carbonyl (C=O) groups excluding carboxylic acids is 1. The maximum atomic E-state index is 11.9. The molecule has 0 aromatic heterocycles. The minimum atomic E-state index is -3.51. The van der Waals surface area contributed by atoms with Crippen LogP contribution in [0.3, 0.4) is 0 Å². The van der Waals surface area contributed by atoms with Crippen LogP contribution in [0.4, 0.5) is 16.2 Å². The molecule has 0 saturated carbocycles. The summed E-state index contributed by atoms with van der Waals surface area (Å²) in [5.41, 5.74) is 1.36. The molecule has 0 heterocycles. The van der Waals surface area contributed by atoms with Crippen molar-refractivity contribution in [1.82, 2.24) is 4.72 Å². The molecule has 2 amide bonds. The third-order valence-corrected chi connectivity index (χ3v) is 4.37. The molecule has 0 aliphatic rings. The van der Waals surface area contributed by atoms with E-state index >= 15 is 0 Å². The zero-order valence-corrected chi connectivity index (χ0v) is 13.0. The fourth-order valence-electron chi connectivity index (χ4n) is 1.80. The zero-order chi connectivity index (χ0) is 16.9. The second kappa shape index (κ2) is 6.91. The highest BCUT2D eigenvalue weighted by Crippen LogP contribution is 2.15. The van der Waals surface area contributed by atoms with Crippen molar-refractivity contribution in [2.75, 3.05) is 17.7 Å². The van der Waals surface area contributed by atoms with Gasteiger partial charge in [-0.3, -0.25) is 0 Å². The molecule has 0 atom stereocenters. The molecule has 0 fully saturated rings. The second-order valence-corrected chi connectivity index (χ2v) is 6.39. The van der Waals surface area contributed by atoms with Gasteiger partial charge in [-0.2, -0.15) is 5.26 Å². The Kier molecular flexibility index (Phi) is 4.95. The van der Waals surface area contributed by atoms with Crippen LogP contribution in [0.1, 0.15) is 5.56 Å². The first-order valence-electron chi connectivity index (χ1n) is 6.56. The molecule has 2 aromatic rings. The Morgan fingerprint density at radius 2 is 1.70 bits per heavy atom. The highest BCUT2D eigenvalue weighted by Gasteiger charge is 2.11. The highest BCUT2D eigenvalue weighted by atomic mass is 32.2. The monoisotopic (exact) mass is 330 g/mol. The van der Waals surface area contributed by atoms with Crippen LogP contribution in [0.15, 0.2) is 53.4 Å². The molecule has 0 unspecified atom stereocenters. The summed E-state index contributed by atoms with van der Waals surface area (Å²) in [6, 6.07) is 13.7. The zero-order valence-electron chi connectivity index (χ0n) is 12.2. The highest BCUT2D eigenvalue weighted by molar-refractivity contribution is 7.89. The lowest BCUT2D eigenvalue weighted by Crippen LogP contribution is -2.20. The van der Waals surface area contributed by atoms with Gasteiger partial charge in [-0.05, 0) is 49.5 Å². The SMILES string of the molecule is CNS(=O)(=O)c1ccc(NC(=O)Nc2cccc(C#N)c2)cc1. The summed E-state index contributed by atoms with van der Waals surface area (Å²) in [4.78, 5) is 12.0. The van der Waals surface area contributed by atoms with Gasteiger partial charge in [0.05, 0.1) is 16.5 Å². The van der Waals surface area contributed by atoms with E-state index in [1.165, 1.54) is 31.3 Å². The van der Waals surface area contributed by atoms with Gasteiger partial charge in [-0.15, -0.1) is 0 Å². The molecule has 0 radical (unpaired) electrons. The van der Waals surface area contributed by atoms with Gasteiger partial charge < -0.3 is 10.6 Å². The first-order chi connectivity index (χ1) is 10.9. The Morgan fingerprint density at radius 1 is 1.04 bits per heavy atom. The summed E-state index contributed by atoms with van der Waals surface area (Å²) in [6.07, 6.45) is 0. The van der Waals surface area contributed by atoms with Crippen molar-refractivity contribution in [2.24, 2.45) is 0 Å². The molecule has 2 aromatic carbocycles. The normalized spacial score (nSPS) is 10.6. The average Bonchev–Trinajstić information content (AvgIpc) is 2.55. The number of urea groups is 1. The number of hydrogen-bond donors (Lipinski definition) is 3. The molecule has 0 aliphatic heterocycles. The fourth-order valence-corrected chi connectivity index (χ4v) is 2.53. The third kappa shape index (κ3) is 4.29. The summed E-state index contributed by atoms with van der Waals surface area (Å²) in [6.45, 7) is 0. The molecule has 0 bridgehead atoms. The summed E-state index contributed by atoms with van der Waals surface area (Å²) < 4.78 is 25.4. The third-order valence-electron chi connectivity index (χ3n) is 2.94. The van der Waals surface area contributed by atoms with Gasteiger partial charge in [0.25, 0.3) is 0 Å². The lowest BCUT2D eigenvalue weighted by Gasteiger charge is -2.08. The van der Waals surface area contributed by atoms with Gasteiger partial charge in [0.2, 0.25) is 10.0 Å². The van der Waals surface area contributed by atoms with Crippen LogP contribution < -0.4 is 15.4 Å². The Labute approximate surface area is 134 Å². The maximum absolute atomic E-state index is 11.9. The molecule has 0 spiro atoms. The minimum absolute atomic E-state index is 0.104. The average molecular weight is 330 g/mol. The summed E-state index contributed by atoms with van der Waals surface area (Å²) in [5, 5.41) is 14.0. The van der Waals surface area contributed by atoms with Crippen molar-refractivity contribution in [3.05, 3.63) is 54.1 Å². The Morgan fingerprint density at radius 3 is 2.30 bits per heavy atom.